The van der Waals surface area contributed by atoms with Gasteiger partial charge in [-0.05, 0) is 23.4 Å². The number of fused-ring (bicyclic) bond motifs is 2. The number of H-pyrrole nitrogens is 1. The van der Waals surface area contributed by atoms with Gasteiger partial charge in [-0.1, -0.05) is 12.1 Å². The van der Waals surface area contributed by atoms with Crippen LogP contribution in [0.4, 0.5) is 5.69 Å². The summed E-state index contributed by atoms with van der Waals surface area (Å²) in [6.45, 7) is 0. The van der Waals surface area contributed by atoms with Crippen LogP contribution in [0.25, 0.3) is 5.57 Å². The lowest BCUT2D eigenvalue weighted by molar-refractivity contribution is 0.0597. The van der Waals surface area contributed by atoms with Crippen LogP contribution in [0, 0.1) is 11.3 Å². The third kappa shape index (κ3) is 3.08. The monoisotopic (exact) mass is 376 g/mol. The highest BCUT2D eigenvalue weighted by Crippen LogP contribution is 2.48. The van der Waals surface area contributed by atoms with Crippen LogP contribution in [0.1, 0.15) is 16.2 Å². The number of esters is 1. The van der Waals surface area contributed by atoms with Gasteiger partial charge in [-0.25, -0.2) is 4.79 Å². The molecule has 3 aromatic rings. The molecule has 0 saturated heterocycles. The average molecular weight is 376 g/mol. The molecule has 0 amide bonds. The quantitative estimate of drug-likeness (QED) is 0.407. The van der Waals surface area contributed by atoms with Gasteiger partial charge in [-0.2, -0.15) is 10.5 Å². The van der Waals surface area contributed by atoms with E-state index in [1.54, 1.807) is 24.3 Å². The number of hydrogen-bond acceptors (Lipinski definition) is 9. The standard InChI is InChI=1S/C18H12N6O4/c1-26-18(25)12-6-11(20-9-10(8-19)17-21-23-24-22-17)7-15-16(12)28-14-5-3-2-4-13(14)27-15/h2-7,9,20H,1H3,(H,21,22,23,24). The topological polar surface area (TPSA) is 135 Å². The Kier molecular flexibility index (Phi) is 4.31. The number of rotatable bonds is 4. The summed E-state index contributed by atoms with van der Waals surface area (Å²) in [5.74, 6) is 1.13. The number of tetrazole rings is 1. The van der Waals surface area contributed by atoms with Crippen LogP contribution in [-0.2, 0) is 4.74 Å². The van der Waals surface area contributed by atoms with Gasteiger partial charge in [-0.3, -0.25) is 0 Å². The lowest BCUT2D eigenvalue weighted by atomic mass is 10.1. The number of nitrogens with zero attached hydrogens (tertiary/aromatic N) is 4. The number of methoxy groups -OCH3 is 1. The normalized spacial score (nSPS) is 11.9. The molecule has 2 heterocycles. The average Bonchev–Trinajstić information content (AvgIpc) is 3.26. The summed E-state index contributed by atoms with van der Waals surface area (Å²) in [6, 6.07) is 12.2. The molecule has 0 fully saturated rings. The van der Waals surface area contributed by atoms with Gasteiger partial charge in [0.1, 0.15) is 17.2 Å². The highest BCUT2D eigenvalue weighted by atomic mass is 16.6. The van der Waals surface area contributed by atoms with Crippen LogP contribution < -0.4 is 14.8 Å². The first-order valence-corrected chi connectivity index (χ1v) is 8.01. The van der Waals surface area contributed by atoms with Crippen LogP contribution in [0.5, 0.6) is 23.0 Å². The van der Waals surface area contributed by atoms with Crippen LogP contribution in [0.2, 0.25) is 0 Å². The number of ether oxygens (including phenoxy) is 3. The van der Waals surface area contributed by atoms with Crippen LogP contribution in [-0.4, -0.2) is 33.7 Å². The summed E-state index contributed by atoms with van der Waals surface area (Å²) in [5.41, 5.74) is 0.787. The third-order valence-electron chi connectivity index (χ3n) is 3.83. The van der Waals surface area contributed by atoms with Crippen molar-refractivity contribution < 1.29 is 19.0 Å². The van der Waals surface area contributed by atoms with Crippen molar-refractivity contribution >= 4 is 17.2 Å². The molecule has 138 valence electrons. The summed E-state index contributed by atoms with van der Waals surface area (Å²) < 4.78 is 16.5. The number of anilines is 1. The van der Waals surface area contributed by atoms with E-state index in [2.05, 4.69) is 25.9 Å². The van der Waals surface area contributed by atoms with Crippen molar-refractivity contribution in [1.29, 1.82) is 5.26 Å². The number of allylic oxidation sites excluding steroid dienone is 1. The van der Waals surface area contributed by atoms with E-state index in [-0.39, 0.29) is 22.7 Å². The lowest BCUT2D eigenvalue weighted by Gasteiger charge is -2.23. The smallest absolute Gasteiger partial charge is 0.341 e. The molecular weight excluding hydrogens is 364 g/mol. The first kappa shape index (κ1) is 17.0. The molecule has 10 nitrogen and oxygen atoms in total. The van der Waals surface area contributed by atoms with Crippen molar-refractivity contribution in [3.8, 4) is 29.1 Å². The second kappa shape index (κ2) is 7.08. The van der Waals surface area contributed by atoms with Crippen molar-refractivity contribution in [2.75, 3.05) is 12.4 Å². The predicted molar refractivity (Wildman–Crippen MR) is 95.8 cm³/mol. The molecule has 0 bridgehead atoms. The zero-order valence-corrected chi connectivity index (χ0v) is 14.5. The summed E-state index contributed by atoms with van der Waals surface area (Å²) in [7, 11) is 1.27. The molecule has 0 aliphatic carbocycles. The zero-order valence-electron chi connectivity index (χ0n) is 14.5. The Balaban J connectivity index is 1.72. The third-order valence-corrected chi connectivity index (χ3v) is 3.83. The Morgan fingerprint density at radius 2 is 2.04 bits per heavy atom. The van der Waals surface area contributed by atoms with Crippen molar-refractivity contribution in [3.05, 3.63) is 54.0 Å². The fraction of sp³-hybridized carbons (Fsp3) is 0.0556. The molecule has 2 aromatic carbocycles. The minimum Gasteiger partial charge on any atom is -0.465 e. The number of hydrogen-bond donors (Lipinski definition) is 2. The van der Waals surface area contributed by atoms with Crippen molar-refractivity contribution in [2.24, 2.45) is 0 Å². The largest absolute Gasteiger partial charge is 0.465 e. The van der Waals surface area contributed by atoms with E-state index in [0.717, 1.165) is 0 Å². The fourth-order valence-electron chi connectivity index (χ4n) is 2.55. The minimum atomic E-state index is -0.592. The highest BCUT2D eigenvalue weighted by molar-refractivity contribution is 5.95. The van der Waals surface area contributed by atoms with Gasteiger partial charge in [0.2, 0.25) is 5.82 Å². The van der Waals surface area contributed by atoms with Gasteiger partial charge in [0.25, 0.3) is 0 Å². The Labute approximate surface area is 158 Å². The predicted octanol–water partition coefficient (Wildman–Crippen LogP) is 2.86. The van der Waals surface area contributed by atoms with Crippen molar-refractivity contribution in [3.63, 3.8) is 0 Å². The molecule has 10 heteroatoms. The number of benzene rings is 2. The zero-order chi connectivity index (χ0) is 19.5. The molecule has 0 radical (unpaired) electrons. The van der Waals surface area contributed by atoms with E-state index >= 15 is 0 Å². The number of aromatic nitrogens is 4. The number of carbonyl (C=O) groups is 1. The summed E-state index contributed by atoms with van der Waals surface area (Å²) in [4.78, 5) is 12.2. The molecule has 1 aliphatic rings. The van der Waals surface area contributed by atoms with Crippen LogP contribution in [0.3, 0.4) is 0 Å². The molecule has 0 atom stereocenters. The molecule has 0 unspecified atom stereocenters. The van der Waals surface area contributed by atoms with E-state index in [1.807, 2.05) is 12.1 Å². The molecule has 1 aliphatic heterocycles. The second-order valence-corrected chi connectivity index (χ2v) is 5.54. The Morgan fingerprint density at radius 1 is 1.25 bits per heavy atom. The van der Waals surface area contributed by atoms with Crippen molar-refractivity contribution in [2.45, 2.75) is 0 Å². The minimum absolute atomic E-state index is 0.134. The summed E-state index contributed by atoms with van der Waals surface area (Å²) in [5, 5.41) is 25.4. The summed E-state index contributed by atoms with van der Waals surface area (Å²) >= 11 is 0. The number of carbonyl (C=O) groups excluding carboxylic acids is 1. The number of aromatic amines is 1. The maximum absolute atomic E-state index is 12.2. The first-order chi connectivity index (χ1) is 13.7. The molecule has 1 aromatic heterocycles. The number of nitrogens with one attached hydrogen (secondary N) is 2. The molecule has 28 heavy (non-hydrogen) atoms. The Hall–Kier alpha value is -4.39. The Bertz CT molecular complexity index is 1120. The van der Waals surface area contributed by atoms with Gasteiger partial charge < -0.3 is 19.5 Å². The lowest BCUT2D eigenvalue weighted by Crippen LogP contribution is -2.09. The van der Waals surface area contributed by atoms with Gasteiger partial charge in [0.05, 0.1) is 7.11 Å². The van der Waals surface area contributed by atoms with Crippen LogP contribution >= 0.6 is 0 Å². The molecule has 0 saturated carbocycles. The van der Waals surface area contributed by atoms with Crippen LogP contribution in [0.15, 0.2) is 42.6 Å². The van der Waals surface area contributed by atoms with E-state index in [4.69, 9.17) is 14.2 Å². The highest BCUT2D eigenvalue weighted by Gasteiger charge is 2.26. The Morgan fingerprint density at radius 3 is 2.71 bits per heavy atom. The summed E-state index contributed by atoms with van der Waals surface area (Å²) in [6.07, 6.45) is 1.39. The van der Waals surface area contributed by atoms with Crippen molar-refractivity contribution in [1.82, 2.24) is 20.6 Å². The molecule has 4 rings (SSSR count). The van der Waals surface area contributed by atoms with E-state index in [9.17, 15) is 10.1 Å². The maximum atomic E-state index is 12.2. The molecule has 0 spiro atoms. The number of nitriles is 1. The maximum Gasteiger partial charge on any atom is 0.341 e. The fourth-order valence-corrected chi connectivity index (χ4v) is 2.55. The molecule has 2 N–H and O–H groups in total. The van der Waals surface area contributed by atoms with E-state index in [0.29, 0.717) is 22.9 Å². The second-order valence-electron chi connectivity index (χ2n) is 5.54. The van der Waals surface area contributed by atoms with E-state index in [1.165, 1.54) is 19.4 Å². The SMILES string of the molecule is COC(=O)c1cc(NC=C(C#N)c2nn[nH]n2)cc2c1Oc1ccccc1O2. The van der Waals surface area contributed by atoms with E-state index < -0.39 is 5.97 Å². The first-order valence-electron chi connectivity index (χ1n) is 8.01. The van der Waals surface area contributed by atoms with Gasteiger partial charge >= 0.3 is 5.97 Å². The van der Waals surface area contributed by atoms with Gasteiger partial charge in [0.15, 0.2) is 23.0 Å². The van der Waals surface area contributed by atoms with Gasteiger partial charge in [0, 0.05) is 18.0 Å². The number of para-hydroxylation sites is 2. The van der Waals surface area contributed by atoms with Gasteiger partial charge in [-0.15, -0.1) is 10.2 Å². The molecular formula is C18H12N6O4.